The van der Waals surface area contributed by atoms with E-state index >= 15 is 0 Å². The van der Waals surface area contributed by atoms with E-state index in [1.807, 2.05) is 11.0 Å². The number of aliphatic hydroxyl groups excluding tert-OH is 1. The zero-order valence-corrected chi connectivity index (χ0v) is 22.3. The monoisotopic (exact) mass is 505 g/mol. The molecular formula is C31H39NO5. The fourth-order valence-corrected chi connectivity index (χ4v) is 6.96. The minimum absolute atomic E-state index is 0.0476. The van der Waals surface area contributed by atoms with E-state index in [1.165, 1.54) is 11.8 Å². The van der Waals surface area contributed by atoms with Crippen LogP contribution in [0.15, 0.2) is 52.7 Å². The molecule has 198 valence electrons. The molecule has 6 heteroatoms. The van der Waals surface area contributed by atoms with E-state index in [2.05, 4.69) is 39.0 Å². The van der Waals surface area contributed by atoms with Crippen LogP contribution in [0.5, 0.6) is 0 Å². The summed E-state index contributed by atoms with van der Waals surface area (Å²) in [5.74, 6) is 0.222. The molecule has 4 atom stereocenters. The maximum Gasteiger partial charge on any atom is 0.410 e. The first kappa shape index (κ1) is 25.8. The molecule has 1 aromatic heterocycles. The molecule has 6 rings (SSSR count). The Kier molecular flexibility index (Phi) is 7.06. The molecule has 1 amide bonds. The van der Waals surface area contributed by atoms with Gasteiger partial charge in [-0.3, -0.25) is 4.79 Å². The molecule has 4 aliphatic rings. The number of nitrogens with zero attached hydrogens (tertiary/aromatic N) is 1. The molecule has 1 saturated heterocycles. The molecule has 6 nitrogen and oxygen atoms in total. The SMILES string of the molecule is CCCN1C[C@@]2(CC[C@H]3c4ccc(cc4C(=O)c4ccco4)C[C@@H](O)CCC(C)=CCC[C@@]32C)OC1=O. The third-order valence-corrected chi connectivity index (χ3v) is 9.11. The van der Waals surface area contributed by atoms with Crippen molar-refractivity contribution in [3.63, 3.8) is 0 Å². The van der Waals surface area contributed by atoms with Crippen LogP contribution in [0.3, 0.4) is 0 Å². The molecule has 1 saturated carbocycles. The van der Waals surface area contributed by atoms with Crippen LogP contribution in [-0.2, 0) is 11.2 Å². The standard InChI is InChI=1S/C31H39NO5/c1-4-16-32-20-31(37-29(32)35)15-13-26-24-12-10-22(19-25(24)28(34)27-8-6-17-36-27)18-23(33)11-9-21(2)7-5-14-30(26,31)3/h6-8,10,12,17,19,23,26,33H,4-5,9,11,13-16,18,20H2,1-3H3/t23-,26-,30-,31+/m0/s1. The van der Waals surface area contributed by atoms with Gasteiger partial charge in [0, 0.05) is 17.5 Å². The third kappa shape index (κ3) is 4.65. The Balaban J connectivity index is 1.62. The number of fused-ring (bicyclic) bond motifs is 8. The van der Waals surface area contributed by atoms with Crippen molar-refractivity contribution in [1.29, 1.82) is 0 Å². The van der Waals surface area contributed by atoms with E-state index < -0.39 is 11.7 Å². The lowest BCUT2D eigenvalue weighted by Crippen LogP contribution is -2.48. The maximum absolute atomic E-state index is 13.7. The molecule has 2 fully saturated rings. The van der Waals surface area contributed by atoms with Crippen molar-refractivity contribution in [3.05, 3.63) is 70.7 Å². The summed E-state index contributed by atoms with van der Waals surface area (Å²) < 4.78 is 11.8. The number of aliphatic hydroxyl groups is 1. The first-order chi connectivity index (χ1) is 17.8. The van der Waals surface area contributed by atoms with Crippen LogP contribution in [0.4, 0.5) is 4.79 Å². The van der Waals surface area contributed by atoms with Gasteiger partial charge in [0.2, 0.25) is 5.78 Å². The number of hydrogen-bond acceptors (Lipinski definition) is 5. The van der Waals surface area contributed by atoms with Crippen LogP contribution in [0, 0.1) is 5.41 Å². The zero-order chi connectivity index (χ0) is 26.2. The van der Waals surface area contributed by atoms with Crippen LogP contribution < -0.4 is 0 Å². The van der Waals surface area contributed by atoms with E-state index in [-0.39, 0.29) is 23.2 Å². The highest BCUT2D eigenvalue weighted by molar-refractivity contribution is 6.08. The first-order valence-electron chi connectivity index (χ1n) is 13.8. The topological polar surface area (TPSA) is 80.0 Å². The van der Waals surface area contributed by atoms with Crippen LogP contribution in [0.25, 0.3) is 0 Å². The van der Waals surface area contributed by atoms with E-state index in [9.17, 15) is 14.7 Å². The Morgan fingerprint density at radius 3 is 2.81 bits per heavy atom. The smallest absolute Gasteiger partial charge is 0.410 e. The van der Waals surface area contributed by atoms with Gasteiger partial charge >= 0.3 is 6.09 Å². The van der Waals surface area contributed by atoms with Crippen molar-refractivity contribution in [2.45, 2.75) is 89.8 Å². The van der Waals surface area contributed by atoms with E-state index in [0.29, 0.717) is 37.3 Å². The van der Waals surface area contributed by atoms with Crippen molar-refractivity contribution in [1.82, 2.24) is 4.90 Å². The van der Waals surface area contributed by atoms with Gasteiger partial charge < -0.3 is 19.2 Å². The molecule has 0 radical (unpaired) electrons. The Labute approximate surface area is 219 Å². The third-order valence-electron chi connectivity index (χ3n) is 9.11. The number of allylic oxidation sites excluding steroid dienone is 2. The number of amides is 1. The number of ether oxygens (including phenoxy) is 1. The molecule has 1 N–H and O–H groups in total. The Hall–Kier alpha value is -2.86. The Morgan fingerprint density at radius 2 is 2.05 bits per heavy atom. The van der Waals surface area contributed by atoms with Gasteiger partial charge in [0.15, 0.2) is 5.76 Å². The quantitative estimate of drug-likeness (QED) is 0.383. The van der Waals surface area contributed by atoms with Crippen LogP contribution in [0.1, 0.15) is 98.9 Å². The summed E-state index contributed by atoms with van der Waals surface area (Å²) in [7, 11) is 0. The highest BCUT2D eigenvalue weighted by atomic mass is 16.6. The average molecular weight is 506 g/mol. The molecule has 1 spiro atoms. The van der Waals surface area contributed by atoms with Gasteiger partial charge in [-0.25, -0.2) is 4.79 Å². The summed E-state index contributed by atoms with van der Waals surface area (Å²) in [4.78, 5) is 28.5. The molecular weight excluding hydrogens is 466 g/mol. The van der Waals surface area contributed by atoms with Crippen molar-refractivity contribution in [3.8, 4) is 0 Å². The van der Waals surface area contributed by atoms with Crippen molar-refractivity contribution < 1.29 is 23.8 Å². The maximum atomic E-state index is 13.7. The lowest BCUT2D eigenvalue weighted by molar-refractivity contribution is -0.0373. The second kappa shape index (κ2) is 10.1. The minimum atomic E-state index is -0.581. The Morgan fingerprint density at radius 1 is 1.22 bits per heavy atom. The van der Waals surface area contributed by atoms with Crippen molar-refractivity contribution in [2.24, 2.45) is 5.41 Å². The summed E-state index contributed by atoms with van der Waals surface area (Å²) in [6, 6.07) is 9.52. The molecule has 1 aliphatic heterocycles. The summed E-state index contributed by atoms with van der Waals surface area (Å²) in [6.45, 7) is 7.77. The zero-order valence-electron chi connectivity index (χ0n) is 22.3. The predicted molar refractivity (Wildman–Crippen MR) is 142 cm³/mol. The number of rotatable bonds is 4. The number of benzene rings is 1. The number of carbonyl (C=O) groups is 2. The fourth-order valence-electron chi connectivity index (χ4n) is 6.96. The van der Waals surface area contributed by atoms with Gasteiger partial charge in [-0.2, -0.15) is 0 Å². The van der Waals surface area contributed by atoms with E-state index in [4.69, 9.17) is 9.15 Å². The summed E-state index contributed by atoms with van der Waals surface area (Å²) in [5.41, 5.74) is 2.92. The second-order valence-electron chi connectivity index (χ2n) is 11.5. The van der Waals surface area contributed by atoms with Crippen LogP contribution >= 0.6 is 0 Å². The normalized spacial score (nSPS) is 30.2. The molecule has 3 aliphatic carbocycles. The predicted octanol–water partition coefficient (Wildman–Crippen LogP) is 6.42. The van der Waals surface area contributed by atoms with Gasteiger partial charge in [-0.1, -0.05) is 37.6 Å². The molecule has 2 heterocycles. The van der Waals surface area contributed by atoms with E-state index in [1.54, 1.807) is 12.1 Å². The second-order valence-corrected chi connectivity index (χ2v) is 11.5. The van der Waals surface area contributed by atoms with Gasteiger partial charge in [-0.05, 0) is 93.5 Å². The van der Waals surface area contributed by atoms with Gasteiger partial charge in [0.05, 0.1) is 18.9 Å². The average Bonchev–Trinajstić information content (AvgIpc) is 3.58. The van der Waals surface area contributed by atoms with Gasteiger partial charge in [-0.15, -0.1) is 0 Å². The van der Waals surface area contributed by atoms with Crippen LogP contribution in [-0.4, -0.2) is 46.7 Å². The molecule has 1 aromatic carbocycles. The fraction of sp³-hybridized carbons (Fsp3) is 0.548. The molecule has 37 heavy (non-hydrogen) atoms. The molecule has 2 aromatic rings. The van der Waals surface area contributed by atoms with E-state index in [0.717, 1.165) is 49.7 Å². The minimum Gasteiger partial charge on any atom is -0.461 e. The molecule has 0 unspecified atom stereocenters. The lowest BCUT2D eigenvalue weighted by Gasteiger charge is -2.43. The highest BCUT2D eigenvalue weighted by Crippen LogP contribution is 2.61. The van der Waals surface area contributed by atoms with Crippen molar-refractivity contribution in [2.75, 3.05) is 13.1 Å². The van der Waals surface area contributed by atoms with Crippen molar-refractivity contribution >= 4 is 11.9 Å². The number of carbonyl (C=O) groups excluding carboxylic acids is 2. The number of furan rings is 1. The lowest BCUT2D eigenvalue weighted by atomic mass is 9.65. The molecule has 2 bridgehead atoms. The number of ketones is 1. The largest absolute Gasteiger partial charge is 0.461 e. The highest BCUT2D eigenvalue weighted by Gasteiger charge is 2.63. The van der Waals surface area contributed by atoms with Gasteiger partial charge in [0.1, 0.15) is 5.60 Å². The van der Waals surface area contributed by atoms with Gasteiger partial charge in [0.25, 0.3) is 0 Å². The number of hydrogen-bond donors (Lipinski definition) is 1. The van der Waals surface area contributed by atoms with Crippen LogP contribution in [0.2, 0.25) is 0 Å². The summed E-state index contributed by atoms with van der Waals surface area (Å²) in [5, 5.41) is 10.7. The summed E-state index contributed by atoms with van der Waals surface area (Å²) >= 11 is 0. The first-order valence-corrected chi connectivity index (χ1v) is 13.8. The summed E-state index contributed by atoms with van der Waals surface area (Å²) in [6.07, 6.45) is 9.36. The Bertz CT molecular complexity index is 1180.